The molecule has 0 aliphatic heterocycles. The summed E-state index contributed by atoms with van der Waals surface area (Å²) in [5, 5.41) is 11.3. The van der Waals surface area contributed by atoms with Gasteiger partial charge in [-0.1, -0.05) is 35.6 Å². The molecule has 9 heteroatoms. The third kappa shape index (κ3) is 4.23. The maximum Gasteiger partial charge on any atom is 0.291 e. The molecule has 36 heavy (non-hydrogen) atoms. The van der Waals surface area contributed by atoms with Gasteiger partial charge in [0.2, 0.25) is 4.96 Å². The lowest BCUT2D eigenvalue weighted by molar-refractivity contribution is 0.242. The second kappa shape index (κ2) is 9.18. The Labute approximate surface area is 214 Å². The summed E-state index contributed by atoms with van der Waals surface area (Å²) in [7, 11) is 0. The van der Waals surface area contributed by atoms with Crippen molar-refractivity contribution in [3.05, 3.63) is 98.8 Å². The summed E-state index contributed by atoms with van der Waals surface area (Å²) in [6, 6.07) is 21.6. The van der Waals surface area contributed by atoms with Gasteiger partial charge < -0.3 is 4.74 Å². The van der Waals surface area contributed by atoms with Crippen molar-refractivity contribution >= 4 is 33.7 Å². The summed E-state index contributed by atoms with van der Waals surface area (Å²) in [6.07, 6.45) is 3.91. The Morgan fingerprint density at radius 2 is 1.78 bits per heavy atom. The average Bonchev–Trinajstić information content (AvgIpc) is 3.67. The van der Waals surface area contributed by atoms with E-state index in [0.717, 1.165) is 33.1 Å². The highest BCUT2D eigenvalue weighted by molar-refractivity contribution is 7.15. The normalized spacial score (nSPS) is 12.1. The number of benzene rings is 2. The highest BCUT2D eigenvalue weighted by Crippen LogP contribution is 2.27. The molecule has 0 aliphatic carbocycles. The van der Waals surface area contributed by atoms with Crippen molar-refractivity contribution in [1.29, 1.82) is 0 Å². The number of aromatic nitrogens is 5. The van der Waals surface area contributed by atoms with Crippen molar-refractivity contribution in [2.24, 2.45) is 0 Å². The number of ether oxygens (including phenoxy) is 1. The first-order valence-corrected chi connectivity index (χ1v) is 13.1. The Kier molecular flexibility index (Phi) is 5.71. The lowest BCUT2D eigenvalue weighted by Gasteiger charge is -2.09. The Hall–Kier alpha value is -4.08. The van der Waals surface area contributed by atoms with Crippen molar-refractivity contribution in [3.8, 4) is 33.4 Å². The number of hydrogen-bond acceptors (Lipinski definition) is 7. The van der Waals surface area contributed by atoms with E-state index < -0.39 is 0 Å². The van der Waals surface area contributed by atoms with Gasteiger partial charge in [-0.3, -0.25) is 4.79 Å². The first-order valence-electron chi connectivity index (χ1n) is 11.4. The third-order valence-electron chi connectivity index (χ3n) is 5.47. The first kappa shape index (κ1) is 22.4. The number of nitrogens with zero attached hydrogens (tertiary/aromatic N) is 5. The lowest BCUT2D eigenvalue weighted by Crippen LogP contribution is -2.23. The summed E-state index contributed by atoms with van der Waals surface area (Å²) in [4.78, 5) is 19.3. The van der Waals surface area contributed by atoms with Crippen LogP contribution in [0.2, 0.25) is 0 Å². The third-order valence-corrected chi connectivity index (χ3v) is 7.30. The molecule has 6 aromatic rings. The van der Waals surface area contributed by atoms with Crippen molar-refractivity contribution in [3.63, 3.8) is 0 Å². The number of rotatable bonds is 6. The van der Waals surface area contributed by atoms with Crippen LogP contribution >= 0.6 is 22.7 Å². The molecule has 0 aliphatic rings. The zero-order valence-corrected chi connectivity index (χ0v) is 21.2. The summed E-state index contributed by atoms with van der Waals surface area (Å²) in [6.45, 7) is 4.00. The quantitative estimate of drug-likeness (QED) is 0.312. The van der Waals surface area contributed by atoms with Crippen LogP contribution in [-0.2, 0) is 0 Å². The number of para-hydroxylation sites is 1. The number of thiophene rings is 1. The van der Waals surface area contributed by atoms with E-state index in [0.29, 0.717) is 15.3 Å². The van der Waals surface area contributed by atoms with Gasteiger partial charge in [-0.05, 0) is 67.8 Å². The largest absolute Gasteiger partial charge is 0.491 e. The highest BCUT2D eigenvalue weighted by atomic mass is 32.1. The molecule has 0 N–H and O–H groups in total. The molecule has 0 radical (unpaired) electrons. The fourth-order valence-electron chi connectivity index (χ4n) is 3.88. The average molecular weight is 512 g/mol. The smallest absolute Gasteiger partial charge is 0.291 e. The van der Waals surface area contributed by atoms with E-state index in [2.05, 4.69) is 10.1 Å². The summed E-state index contributed by atoms with van der Waals surface area (Å²) < 4.78 is 9.55. The Bertz CT molecular complexity index is 1750. The highest BCUT2D eigenvalue weighted by Gasteiger charge is 2.15. The predicted octanol–water partition coefficient (Wildman–Crippen LogP) is 5.07. The lowest BCUT2D eigenvalue weighted by atomic mass is 10.1. The second-order valence-corrected chi connectivity index (χ2v) is 10.4. The standard InChI is InChI=1S/C27H21N5O2S2/c1-17(2)34-21-12-10-18(11-13-21)24-19(16-31(29-24)20-7-4-3-5-8-20)15-23-26(33)32-27(36-23)28-25(30-32)22-9-6-14-35-22/h3-17H,1-2H3/b23-15-. The van der Waals surface area contributed by atoms with Gasteiger partial charge in [-0.25, -0.2) is 4.68 Å². The molecule has 7 nitrogen and oxygen atoms in total. The molecule has 4 aromatic heterocycles. The van der Waals surface area contributed by atoms with Crippen LogP contribution in [-0.4, -0.2) is 30.5 Å². The molecular weight excluding hydrogens is 490 g/mol. The second-order valence-electron chi connectivity index (χ2n) is 8.43. The molecule has 2 aromatic carbocycles. The van der Waals surface area contributed by atoms with Gasteiger partial charge in [-0.15, -0.1) is 16.4 Å². The number of hydrogen-bond donors (Lipinski definition) is 0. The Morgan fingerprint density at radius 3 is 2.47 bits per heavy atom. The van der Waals surface area contributed by atoms with Crippen LogP contribution in [0.5, 0.6) is 5.75 Å². The maximum atomic E-state index is 13.2. The molecule has 0 fully saturated rings. The van der Waals surface area contributed by atoms with Crippen LogP contribution in [0.1, 0.15) is 19.4 Å². The van der Waals surface area contributed by atoms with Gasteiger partial charge in [0.15, 0.2) is 5.82 Å². The zero-order chi connectivity index (χ0) is 24.6. The summed E-state index contributed by atoms with van der Waals surface area (Å²) in [5.41, 5.74) is 3.27. The van der Waals surface area contributed by atoms with Gasteiger partial charge in [0, 0.05) is 17.3 Å². The van der Waals surface area contributed by atoms with E-state index in [1.807, 2.05) is 103 Å². The zero-order valence-electron chi connectivity index (χ0n) is 19.5. The summed E-state index contributed by atoms with van der Waals surface area (Å²) in [5.74, 6) is 1.37. The molecule has 178 valence electrons. The minimum absolute atomic E-state index is 0.0965. The van der Waals surface area contributed by atoms with Crippen LogP contribution in [0.15, 0.2) is 83.1 Å². The minimum Gasteiger partial charge on any atom is -0.491 e. The van der Waals surface area contributed by atoms with Crippen molar-refractivity contribution in [2.45, 2.75) is 20.0 Å². The Morgan fingerprint density at radius 1 is 0.972 bits per heavy atom. The van der Waals surface area contributed by atoms with E-state index in [1.165, 1.54) is 15.9 Å². The SMILES string of the molecule is CC(C)Oc1ccc(-c2nn(-c3ccccc3)cc2/C=c2\sc3nc(-c4cccs4)nn3c2=O)cc1. The minimum atomic E-state index is -0.190. The molecule has 0 saturated heterocycles. The molecule has 0 spiro atoms. The predicted molar refractivity (Wildman–Crippen MR) is 144 cm³/mol. The Balaban J connectivity index is 1.46. The topological polar surface area (TPSA) is 74.3 Å². The maximum absolute atomic E-state index is 13.2. The molecule has 4 heterocycles. The molecule has 0 amide bonds. The van der Waals surface area contributed by atoms with Gasteiger partial charge in [-0.2, -0.15) is 14.6 Å². The van der Waals surface area contributed by atoms with E-state index in [1.54, 1.807) is 11.3 Å². The van der Waals surface area contributed by atoms with Crippen LogP contribution in [0.3, 0.4) is 0 Å². The van der Waals surface area contributed by atoms with Gasteiger partial charge in [0.1, 0.15) is 11.4 Å². The fraction of sp³-hybridized carbons (Fsp3) is 0.111. The molecule has 0 bridgehead atoms. The van der Waals surface area contributed by atoms with Gasteiger partial charge in [0.05, 0.1) is 21.2 Å². The van der Waals surface area contributed by atoms with Crippen LogP contribution in [0.4, 0.5) is 0 Å². The number of fused-ring (bicyclic) bond motifs is 1. The molecule has 6 rings (SSSR count). The van der Waals surface area contributed by atoms with Crippen LogP contribution in [0.25, 0.3) is 38.7 Å². The first-order chi connectivity index (χ1) is 17.5. The molecule has 0 unspecified atom stereocenters. The van der Waals surface area contributed by atoms with Gasteiger partial charge in [0.25, 0.3) is 5.56 Å². The number of thiazole rings is 1. The van der Waals surface area contributed by atoms with Crippen molar-refractivity contribution in [1.82, 2.24) is 24.4 Å². The van der Waals surface area contributed by atoms with E-state index in [9.17, 15) is 4.79 Å². The fourth-order valence-corrected chi connectivity index (χ4v) is 5.43. The molecular formula is C27H21N5O2S2. The monoisotopic (exact) mass is 511 g/mol. The molecule has 0 atom stereocenters. The van der Waals surface area contributed by atoms with Gasteiger partial charge >= 0.3 is 0 Å². The van der Waals surface area contributed by atoms with Crippen molar-refractivity contribution in [2.75, 3.05) is 0 Å². The van der Waals surface area contributed by atoms with Crippen molar-refractivity contribution < 1.29 is 4.74 Å². The van der Waals surface area contributed by atoms with E-state index in [4.69, 9.17) is 9.84 Å². The van der Waals surface area contributed by atoms with E-state index in [-0.39, 0.29) is 11.7 Å². The van der Waals surface area contributed by atoms with E-state index >= 15 is 0 Å². The molecule has 0 saturated carbocycles. The van der Waals surface area contributed by atoms with Crippen LogP contribution < -0.4 is 14.8 Å². The summed E-state index contributed by atoms with van der Waals surface area (Å²) >= 11 is 2.87. The van der Waals surface area contributed by atoms with Crippen LogP contribution in [0, 0.1) is 0 Å².